The van der Waals surface area contributed by atoms with Crippen molar-refractivity contribution in [2.45, 2.75) is 41.6 Å². The van der Waals surface area contributed by atoms with Gasteiger partial charge in [-0.2, -0.15) is 0 Å². The minimum absolute atomic E-state index is 0. The van der Waals surface area contributed by atoms with E-state index in [1.807, 2.05) is 4.90 Å². The topological polar surface area (TPSA) is 150 Å². The third-order valence-electron chi connectivity index (χ3n) is 6.46. The molecule has 1 saturated carbocycles. The fraction of sp³-hybridized carbons (Fsp3) is 0.375. The van der Waals surface area contributed by atoms with E-state index in [-0.39, 0.29) is 93.8 Å². The molecule has 1 aromatic rings. The van der Waals surface area contributed by atoms with E-state index in [0.717, 1.165) is 17.7 Å². The first-order valence-corrected chi connectivity index (χ1v) is 13.4. The first-order chi connectivity index (χ1) is 17.2. The smallest absolute Gasteiger partial charge is 0.545 e. The van der Waals surface area contributed by atoms with E-state index in [2.05, 4.69) is 5.32 Å². The van der Waals surface area contributed by atoms with Crippen molar-refractivity contribution >= 4 is 53.2 Å². The Hall–Kier alpha value is -1.25. The van der Waals surface area contributed by atoms with Gasteiger partial charge in [0.15, 0.2) is 0 Å². The van der Waals surface area contributed by atoms with Crippen molar-refractivity contribution in [2.24, 2.45) is 0 Å². The molecule has 2 saturated heterocycles. The summed E-state index contributed by atoms with van der Waals surface area (Å²) in [5.41, 5.74) is 0.688. The van der Waals surface area contributed by atoms with E-state index >= 15 is 0 Å². The molecule has 0 radical (unpaired) electrons. The number of likely N-dealkylation sites (tertiary alicyclic amines) is 1. The summed E-state index contributed by atoms with van der Waals surface area (Å²) < 4.78 is 0. The number of benzene rings is 1. The maximum Gasteiger partial charge on any atom is 1.00 e. The fourth-order valence-corrected chi connectivity index (χ4v) is 6.52. The molecule has 0 aromatic heterocycles. The molecule has 10 nitrogen and oxygen atoms in total. The van der Waals surface area contributed by atoms with Crippen LogP contribution in [0.5, 0.6) is 0 Å². The Bertz CT molecular complexity index is 1230. The van der Waals surface area contributed by atoms with Gasteiger partial charge in [-0.3, -0.25) is 19.3 Å². The number of rotatable bonds is 8. The summed E-state index contributed by atoms with van der Waals surface area (Å²) in [4.78, 5) is 64.3. The second kappa shape index (κ2) is 12.9. The molecule has 0 unspecified atom stereocenters. The number of amides is 3. The number of fused-ring (bicyclic) bond motifs is 1. The molecular weight excluding hydrogens is 552 g/mol. The molecule has 188 valence electrons. The zero-order valence-corrected chi connectivity index (χ0v) is 26.6. The zero-order valence-electron chi connectivity index (χ0n) is 20.9. The average molecular weight is 574 g/mol. The number of hydrogen-bond acceptors (Lipinski definition) is 9. The summed E-state index contributed by atoms with van der Waals surface area (Å²) in [6.45, 7) is 0.620. The van der Waals surface area contributed by atoms with Gasteiger partial charge in [0.25, 0.3) is 5.91 Å². The Kier molecular flexibility index (Phi) is 10.7. The summed E-state index contributed by atoms with van der Waals surface area (Å²) >= 11 is 2.49. The van der Waals surface area contributed by atoms with Gasteiger partial charge in [-0.1, -0.05) is 12.1 Å². The molecule has 3 amide bonds. The first-order valence-electron chi connectivity index (χ1n) is 11.4. The normalized spacial score (nSPS) is 23.3. The second-order valence-corrected chi connectivity index (χ2v) is 11.0. The maximum atomic E-state index is 12.8. The summed E-state index contributed by atoms with van der Waals surface area (Å²) in [6, 6.07) is 5.29. The first kappa shape index (κ1) is 31.3. The monoisotopic (exact) mass is 573 g/mol. The van der Waals surface area contributed by atoms with Crippen LogP contribution in [0.25, 0.3) is 0 Å². The van der Waals surface area contributed by atoms with Crippen molar-refractivity contribution in [1.82, 2.24) is 15.1 Å². The molecule has 1 N–H and O–H groups in total. The van der Waals surface area contributed by atoms with E-state index in [9.17, 15) is 34.2 Å². The van der Waals surface area contributed by atoms with Crippen molar-refractivity contribution in [3.8, 4) is 0 Å². The van der Waals surface area contributed by atoms with E-state index < -0.39 is 35.2 Å². The van der Waals surface area contributed by atoms with Crippen molar-refractivity contribution < 1.29 is 93.3 Å². The van der Waals surface area contributed by atoms with Gasteiger partial charge in [-0.25, -0.2) is 0 Å². The number of β-lactam (4-membered cyclic amide) rings is 1. The van der Waals surface area contributed by atoms with Gasteiger partial charge in [0.05, 0.1) is 23.4 Å². The van der Waals surface area contributed by atoms with Crippen molar-refractivity contribution in [2.75, 3.05) is 18.1 Å². The van der Waals surface area contributed by atoms with Crippen LogP contribution in [-0.4, -0.2) is 75.0 Å². The van der Waals surface area contributed by atoms with Gasteiger partial charge in [0, 0.05) is 28.8 Å². The number of aliphatic carboxylic acids is 1. The van der Waals surface area contributed by atoms with E-state index in [1.54, 1.807) is 18.2 Å². The second-order valence-electron chi connectivity index (χ2n) is 8.87. The zero-order chi connectivity index (χ0) is 25.6. The molecule has 3 fully saturated rings. The number of hydrogen-bond donors (Lipinski definition) is 1. The quantitative estimate of drug-likeness (QED) is 0.139. The van der Waals surface area contributed by atoms with Crippen LogP contribution in [0.3, 0.4) is 0 Å². The van der Waals surface area contributed by atoms with Crippen LogP contribution in [-0.2, 0) is 19.2 Å². The third-order valence-corrected chi connectivity index (χ3v) is 8.78. The molecule has 0 bridgehead atoms. The average Bonchev–Trinajstić information content (AvgIpc) is 3.64. The molecule has 2 atom stereocenters. The summed E-state index contributed by atoms with van der Waals surface area (Å²) in [5.74, 6) is -3.56. The van der Waals surface area contributed by atoms with Gasteiger partial charge < -0.3 is 30.0 Å². The van der Waals surface area contributed by atoms with Crippen LogP contribution in [0.15, 0.2) is 52.1 Å². The Morgan fingerprint density at radius 2 is 1.76 bits per heavy atom. The van der Waals surface area contributed by atoms with E-state index in [4.69, 9.17) is 0 Å². The molecule has 0 spiro atoms. The summed E-state index contributed by atoms with van der Waals surface area (Å²) in [6.07, 6.45) is 4.10. The standard InChI is InChI=1S/C24H23N3O7S2.2Na/c28-17(11-35-16-5-1-12(2-6-16)23(31)32)25-18-21(30)27-19(24(33)34)14(10-36-22(18)27)9-13-7-8-26(20(13)29)15-3-4-15;;/h1-2,5-6,9,15,18,22H,3-4,7-8,10-11H2,(H,25,28)(H,31,32)(H,33,34);;/q;2*+1/p-2/b13-9+;;/t18-,22-;;/m1../s1. The van der Waals surface area contributed by atoms with Crippen molar-refractivity contribution in [3.05, 3.63) is 52.7 Å². The van der Waals surface area contributed by atoms with Crippen LogP contribution in [0.4, 0.5) is 0 Å². The summed E-state index contributed by atoms with van der Waals surface area (Å²) in [7, 11) is 0. The summed E-state index contributed by atoms with van der Waals surface area (Å²) in [5, 5.41) is 24.9. The molecule has 5 rings (SSSR count). The van der Waals surface area contributed by atoms with Crippen molar-refractivity contribution in [1.29, 1.82) is 0 Å². The number of carbonyl (C=O) groups excluding carboxylic acids is 5. The number of carbonyl (C=O) groups is 5. The Labute approximate surface area is 271 Å². The van der Waals surface area contributed by atoms with Gasteiger partial charge in [-0.15, -0.1) is 23.5 Å². The van der Waals surface area contributed by atoms with E-state index in [0.29, 0.717) is 29.0 Å². The number of carboxylic acids is 2. The number of thioether (sulfide) groups is 2. The van der Waals surface area contributed by atoms with Crippen LogP contribution >= 0.6 is 23.5 Å². The molecule has 14 heteroatoms. The Balaban J connectivity index is 0.00000200. The molecular formula is C24H21N3Na2O7S2. The molecule has 3 heterocycles. The molecule has 38 heavy (non-hydrogen) atoms. The van der Waals surface area contributed by atoms with Gasteiger partial charge in [0.1, 0.15) is 11.4 Å². The third kappa shape index (κ3) is 6.38. The predicted octanol–water partition coefficient (Wildman–Crippen LogP) is -7.12. The molecule has 1 aliphatic carbocycles. The largest absolute Gasteiger partial charge is 1.00 e. The number of nitrogens with zero attached hydrogens (tertiary/aromatic N) is 2. The molecule has 4 aliphatic rings. The van der Waals surface area contributed by atoms with Crippen LogP contribution in [0, 0.1) is 0 Å². The predicted molar refractivity (Wildman–Crippen MR) is 126 cm³/mol. The number of aromatic carboxylic acids is 1. The van der Waals surface area contributed by atoms with Crippen LogP contribution in [0.2, 0.25) is 0 Å². The fourth-order valence-electron chi connectivity index (χ4n) is 4.51. The Morgan fingerprint density at radius 3 is 2.37 bits per heavy atom. The van der Waals surface area contributed by atoms with E-state index in [1.165, 1.54) is 35.7 Å². The minimum atomic E-state index is -1.50. The van der Waals surface area contributed by atoms with Crippen LogP contribution in [0.1, 0.15) is 29.6 Å². The van der Waals surface area contributed by atoms with Crippen LogP contribution < -0.4 is 74.6 Å². The maximum absolute atomic E-state index is 12.8. The molecule has 1 aromatic carbocycles. The Morgan fingerprint density at radius 1 is 1.08 bits per heavy atom. The molecule has 3 aliphatic heterocycles. The van der Waals surface area contributed by atoms with Gasteiger partial charge in [-0.05, 0) is 48.6 Å². The SMILES string of the molecule is O=C(CSc1ccc(C(=O)[O-])cc1)N[C@@H]1C(=O)N2C(C(=O)[O-])=C(/C=C3\CCN(C4CC4)C3=O)CS[C@H]12.[Na+].[Na+]. The minimum Gasteiger partial charge on any atom is -0.545 e. The number of allylic oxidation sites excluding steroid dienone is 1. The number of nitrogens with one attached hydrogen (secondary N) is 1. The van der Waals surface area contributed by atoms with Gasteiger partial charge >= 0.3 is 59.1 Å². The van der Waals surface area contributed by atoms with Crippen molar-refractivity contribution in [3.63, 3.8) is 0 Å². The van der Waals surface area contributed by atoms with Gasteiger partial charge in [0.2, 0.25) is 11.8 Å². The number of carboxylic acid groups (broad SMARTS) is 2.